The molecule has 19 heavy (non-hydrogen) atoms. The van der Waals surface area contributed by atoms with Crippen LogP contribution in [0.1, 0.15) is 19.4 Å². The molecule has 0 aliphatic rings. The molecule has 0 unspecified atom stereocenters. The Labute approximate surface area is 116 Å². The molecule has 0 radical (unpaired) electrons. The molecular formula is C15H25N3O. The molecule has 1 aromatic carbocycles. The molecule has 0 saturated carbocycles. The zero-order valence-electron chi connectivity index (χ0n) is 12.7. The van der Waals surface area contributed by atoms with Crippen molar-refractivity contribution in [1.29, 1.82) is 0 Å². The summed E-state index contributed by atoms with van der Waals surface area (Å²) in [6.07, 6.45) is 0. The first-order valence-electron chi connectivity index (χ1n) is 6.79. The van der Waals surface area contributed by atoms with E-state index in [1.165, 1.54) is 11.3 Å². The molecule has 1 aromatic rings. The summed E-state index contributed by atoms with van der Waals surface area (Å²) in [6.45, 7) is 7.94. The highest BCUT2D eigenvalue weighted by Gasteiger charge is 2.09. The number of nitrogens with zero attached hydrogens (tertiary/aromatic N) is 2. The summed E-state index contributed by atoms with van der Waals surface area (Å²) in [5, 5.41) is 3.20. The second-order valence-electron chi connectivity index (χ2n) is 4.82. The number of aryl methyl sites for hydroxylation is 1. The van der Waals surface area contributed by atoms with Gasteiger partial charge >= 0.3 is 0 Å². The van der Waals surface area contributed by atoms with Gasteiger partial charge in [0.05, 0.1) is 6.54 Å². The van der Waals surface area contributed by atoms with Gasteiger partial charge in [0.25, 0.3) is 0 Å². The molecule has 1 N–H and O–H groups in total. The maximum absolute atomic E-state index is 11.9. The van der Waals surface area contributed by atoms with Crippen molar-refractivity contribution in [2.75, 3.05) is 43.9 Å². The summed E-state index contributed by atoms with van der Waals surface area (Å²) in [5.41, 5.74) is 3.38. The molecule has 1 rings (SSSR count). The third-order valence-electron chi connectivity index (χ3n) is 3.25. The first kappa shape index (κ1) is 15.3. The lowest BCUT2D eigenvalue weighted by molar-refractivity contribution is -0.128. The molecule has 106 valence electrons. The third-order valence-corrected chi connectivity index (χ3v) is 3.25. The topological polar surface area (TPSA) is 35.6 Å². The Morgan fingerprint density at radius 3 is 2.37 bits per heavy atom. The zero-order chi connectivity index (χ0) is 14.4. The average molecular weight is 263 g/mol. The SMILES string of the molecule is CCN(CC)C(=O)CNc1ccc(C)c(N(C)C)c1. The van der Waals surface area contributed by atoms with Gasteiger partial charge in [-0.25, -0.2) is 0 Å². The highest BCUT2D eigenvalue weighted by Crippen LogP contribution is 2.22. The summed E-state index contributed by atoms with van der Waals surface area (Å²) < 4.78 is 0. The number of amides is 1. The summed E-state index contributed by atoms with van der Waals surface area (Å²) >= 11 is 0. The normalized spacial score (nSPS) is 10.2. The van der Waals surface area contributed by atoms with E-state index in [1.807, 2.05) is 38.9 Å². The fourth-order valence-electron chi connectivity index (χ4n) is 2.07. The van der Waals surface area contributed by atoms with Crippen LogP contribution in [0.25, 0.3) is 0 Å². The fraction of sp³-hybridized carbons (Fsp3) is 0.533. The smallest absolute Gasteiger partial charge is 0.241 e. The largest absolute Gasteiger partial charge is 0.377 e. The molecule has 0 bridgehead atoms. The number of hydrogen-bond acceptors (Lipinski definition) is 3. The molecule has 1 amide bonds. The molecule has 0 saturated heterocycles. The number of benzene rings is 1. The molecular weight excluding hydrogens is 238 g/mol. The predicted molar refractivity (Wildman–Crippen MR) is 81.9 cm³/mol. The van der Waals surface area contributed by atoms with Crippen molar-refractivity contribution in [2.45, 2.75) is 20.8 Å². The van der Waals surface area contributed by atoms with Crippen molar-refractivity contribution in [2.24, 2.45) is 0 Å². The Hall–Kier alpha value is -1.71. The van der Waals surface area contributed by atoms with Crippen LogP contribution in [0.3, 0.4) is 0 Å². The summed E-state index contributed by atoms with van der Waals surface area (Å²) in [7, 11) is 4.04. The molecule has 0 aliphatic heterocycles. The Balaban J connectivity index is 2.68. The summed E-state index contributed by atoms with van der Waals surface area (Å²) in [5.74, 6) is 0.136. The molecule has 0 aromatic heterocycles. The Morgan fingerprint density at radius 1 is 1.21 bits per heavy atom. The number of anilines is 2. The van der Waals surface area contributed by atoms with Crippen LogP contribution in [0.2, 0.25) is 0 Å². The summed E-state index contributed by atoms with van der Waals surface area (Å²) in [6, 6.07) is 6.16. The van der Waals surface area contributed by atoms with E-state index in [-0.39, 0.29) is 5.91 Å². The Morgan fingerprint density at radius 2 is 1.84 bits per heavy atom. The van der Waals surface area contributed by atoms with Crippen LogP contribution in [0.15, 0.2) is 18.2 Å². The van der Waals surface area contributed by atoms with Gasteiger partial charge in [0.1, 0.15) is 0 Å². The maximum Gasteiger partial charge on any atom is 0.241 e. The first-order valence-corrected chi connectivity index (χ1v) is 6.79. The monoisotopic (exact) mass is 263 g/mol. The Bertz CT molecular complexity index is 425. The van der Waals surface area contributed by atoms with Gasteiger partial charge in [-0.1, -0.05) is 6.07 Å². The van der Waals surface area contributed by atoms with Gasteiger partial charge in [-0.3, -0.25) is 4.79 Å². The van der Waals surface area contributed by atoms with Gasteiger partial charge in [-0.2, -0.15) is 0 Å². The number of nitrogens with one attached hydrogen (secondary N) is 1. The molecule has 0 atom stereocenters. The van der Waals surface area contributed by atoms with Crippen LogP contribution in [0.4, 0.5) is 11.4 Å². The minimum absolute atomic E-state index is 0.136. The maximum atomic E-state index is 11.9. The quantitative estimate of drug-likeness (QED) is 0.855. The van der Waals surface area contributed by atoms with Gasteiger partial charge in [0, 0.05) is 38.6 Å². The van der Waals surface area contributed by atoms with Gasteiger partial charge in [-0.15, -0.1) is 0 Å². The van der Waals surface area contributed by atoms with Crippen molar-refractivity contribution < 1.29 is 4.79 Å². The lowest BCUT2D eigenvalue weighted by Gasteiger charge is -2.20. The minimum atomic E-state index is 0.136. The second-order valence-corrected chi connectivity index (χ2v) is 4.82. The molecule has 4 nitrogen and oxygen atoms in total. The van der Waals surface area contributed by atoms with Gasteiger partial charge in [-0.05, 0) is 38.5 Å². The van der Waals surface area contributed by atoms with E-state index in [1.54, 1.807) is 0 Å². The molecule has 0 fully saturated rings. The third kappa shape index (κ3) is 4.16. The number of carbonyl (C=O) groups excluding carboxylic acids is 1. The zero-order valence-corrected chi connectivity index (χ0v) is 12.7. The fourth-order valence-corrected chi connectivity index (χ4v) is 2.07. The van der Waals surface area contributed by atoms with Gasteiger partial charge in [0.2, 0.25) is 5.91 Å². The molecule has 0 heterocycles. The van der Waals surface area contributed by atoms with E-state index >= 15 is 0 Å². The lowest BCUT2D eigenvalue weighted by atomic mass is 10.1. The van der Waals surface area contributed by atoms with Crippen LogP contribution < -0.4 is 10.2 Å². The highest BCUT2D eigenvalue weighted by molar-refractivity contribution is 5.81. The molecule has 4 heteroatoms. The number of likely N-dealkylation sites (N-methyl/N-ethyl adjacent to an activating group) is 1. The number of rotatable bonds is 6. The van der Waals surface area contributed by atoms with Crippen LogP contribution >= 0.6 is 0 Å². The minimum Gasteiger partial charge on any atom is -0.377 e. The second kappa shape index (κ2) is 7.02. The molecule has 0 aliphatic carbocycles. The first-order chi connectivity index (χ1) is 8.99. The van der Waals surface area contributed by atoms with Crippen LogP contribution in [-0.4, -0.2) is 44.5 Å². The van der Waals surface area contributed by atoms with E-state index in [4.69, 9.17) is 0 Å². The van der Waals surface area contributed by atoms with E-state index in [9.17, 15) is 4.79 Å². The van der Waals surface area contributed by atoms with Gasteiger partial charge < -0.3 is 15.1 Å². The van der Waals surface area contributed by atoms with E-state index in [0.29, 0.717) is 6.54 Å². The lowest BCUT2D eigenvalue weighted by Crippen LogP contribution is -2.35. The van der Waals surface area contributed by atoms with Crippen LogP contribution in [0, 0.1) is 6.92 Å². The van der Waals surface area contributed by atoms with Crippen molar-refractivity contribution >= 4 is 17.3 Å². The van der Waals surface area contributed by atoms with Crippen molar-refractivity contribution in [1.82, 2.24) is 4.90 Å². The van der Waals surface area contributed by atoms with Crippen molar-refractivity contribution in [3.63, 3.8) is 0 Å². The molecule has 0 spiro atoms. The van der Waals surface area contributed by atoms with Crippen LogP contribution in [0.5, 0.6) is 0 Å². The van der Waals surface area contributed by atoms with E-state index in [0.717, 1.165) is 18.8 Å². The summed E-state index contributed by atoms with van der Waals surface area (Å²) in [4.78, 5) is 15.8. The standard InChI is InChI=1S/C15H25N3O/c1-6-18(7-2)15(19)11-16-13-9-8-12(3)14(10-13)17(4)5/h8-10,16H,6-7,11H2,1-5H3. The van der Waals surface area contributed by atoms with Crippen molar-refractivity contribution in [3.05, 3.63) is 23.8 Å². The van der Waals surface area contributed by atoms with Gasteiger partial charge in [0.15, 0.2) is 0 Å². The average Bonchev–Trinajstić information content (AvgIpc) is 2.38. The van der Waals surface area contributed by atoms with E-state index in [2.05, 4.69) is 29.3 Å². The highest BCUT2D eigenvalue weighted by atomic mass is 16.2. The number of carbonyl (C=O) groups is 1. The van der Waals surface area contributed by atoms with E-state index < -0.39 is 0 Å². The van der Waals surface area contributed by atoms with Crippen LogP contribution in [-0.2, 0) is 4.79 Å². The van der Waals surface area contributed by atoms with Crippen molar-refractivity contribution in [3.8, 4) is 0 Å². The predicted octanol–water partition coefficient (Wildman–Crippen LogP) is 2.34. The number of hydrogen-bond donors (Lipinski definition) is 1. The Kier molecular flexibility index (Phi) is 5.67.